The summed E-state index contributed by atoms with van der Waals surface area (Å²) >= 11 is 0. The minimum Gasteiger partial charge on any atom is -0.462 e. The average molecular weight is 579 g/mol. The van der Waals surface area contributed by atoms with E-state index in [0.717, 1.165) is 14.9 Å². The Labute approximate surface area is 241 Å². The van der Waals surface area contributed by atoms with Crippen molar-refractivity contribution in [2.45, 2.75) is 57.8 Å². The van der Waals surface area contributed by atoms with Gasteiger partial charge in [-0.1, -0.05) is 81.4 Å². The maximum atomic E-state index is 13.4. The van der Waals surface area contributed by atoms with E-state index < -0.39 is 31.7 Å². The van der Waals surface area contributed by atoms with Crippen LogP contribution in [0.25, 0.3) is 0 Å². The van der Waals surface area contributed by atoms with Crippen molar-refractivity contribution in [2.75, 3.05) is 25.6 Å². The molecule has 4 rings (SSSR count). The van der Waals surface area contributed by atoms with Crippen molar-refractivity contribution in [2.24, 2.45) is 0 Å². The van der Waals surface area contributed by atoms with Crippen LogP contribution in [0.2, 0.25) is 5.04 Å². The zero-order valence-corrected chi connectivity index (χ0v) is 25.4. The molecule has 0 aliphatic carbocycles. The van der Waals surface area contributed by atoms with Gasteiger partial charge in [-0.2, -0.15) is 10.0 Å². The van der Waals surface area contributed by atoms with E-state index in [1.165, 1.54) is 19.2 Å². The van der Waals surface area contributed by atoms with Gasteiger partial charge in [0.25, 0.3) is 14.0 Å². The van der Waals surface area contributed by atoms with Crippen LogP contribution >= 0.6 is 0 Å². The lowest BCUT2D eigenvalue weighted by molar-refractivity contribution is -0.238. The average Bonchev–Trinajstić information content (AvgIpc) is 3.26. The van der Waals surface area contributed by atoms with Crippen molar-refractivity contribution in [1.82, 2.24) is 14.6 Å². The Kier molecular flexibility index (Phi) is 8.93. The van der Waals surface area contributed by atoms with Crippen LogP contribution in [0.15, 0.2) is 77.7 Å². The van der Waals surface area contributed by atoms with Crippen molar-refractivity contribution >= 4 is 36.4 Å². The molecule has 3 aromatic rings. The number of carbonyl (C=O) groups excluding carboxylic acids is 2. The maximum absolute atomic E-state index is 13.4. The van der Waals surface area contributed by atoms with Crippen molar-refractivity contribution in [3.05, 3.63) is 83.4 Å². The standard InChI is InChI=1S/C30H38N4O6Si/c1-7-38-27(36)30(34-19-18-26(31-22(2)35)32-28(34)37)20-23(33(6)40-30)21-39-41(29(3,4)5,24-14-10-8-11-15-24)25-16-12-9-13-17-25/h8-19,23H,7,20-21H2,1-6H3,(H,31,32,35,37)/t23-,30+/m1/s1. The summed E-state index contributed by atoms with van der Waals surface area (Å²) in [5, 5.41) is 6.06. The number of nitrogens with one attached hydrogen (secondary N) is 1. The maximum Gasteiger partial charge on any atom is 0.362 e. The SMILES string of the molecule is CCOC(=O)[C@]1(n2ccc(NC(C)=O)nc2=O)C[C@H](CO[Si](c2ccccc2)(c2ccccc2)C(C)(C)C)N(C)O1. The molecule has 1 aliphatic rings. The number of hydrogen-bond acceptors (Lipinski definition) is 8. The second kappa shape index (κ2) is 12.1. The number of hydrogen-bond donors (Lipinski definition) is 1. The van der Waals surface area contributed by atoms with Gasteiger partial charge in [0.05, 0.1) is 19.3 Å². The van der Waals surface area contributed by atoms with Crippen molar-refractivity contribution < 1.29 is 23.6 Å². The van der Waals surface area contributed by atoms with Gasteiger partial charge >= 0.3 is 11.7 Å². The normalized spacial score (nSPS) is 19.6. The van der Waals surface area contributed by atoms with Crippen LogP contribution in [-0.2, 0) is 29.3 Å². The van der Waals surface area contributed by atoms with Gasteiger partial charge in [0.1, 0.15) is 5.82 Å². The molecular formula is C30H38N4O6Si. The number of anilines is 1. The van der Waals surface area contributed by atoms with E-state index in [0.29, 0.717) is 0 Å². The van der Waals surface area contributed by atoms with Crippen LogP contribution in [-0.4, -0.2) is 61.1 Å². The Morgan fingerprint density at radius 2 is 1.66 bits per heavy atom. The van der Waals surface area contributed by atoms with Crippen LogP contribution in [0.1, 0.15) is 41.0 Å². The first-order valence-electron chi connectivity index (χ1n) is 13.7. The predicted molar refractivity (Wildman–Crippen MR) is 158 cm³/mol. The highest BCUT2D eigenvalue weighted by Gasteiger charge is 2.56. The van der Waals surface area contributed by atoms with E-state index >= 15 is 0 Å². The number of ether oxygens (including phenoxy) is 1. The lowest BCUT2D eigenvalue weighted by Crippen LogP contribution is -2.67. The largest absolute Gasteiger partial charge is 0.462 e. The Morgan fingerprint density at radius 3 is 2.15 bits per heavy atom. The molecule has 10 nitrogen and oxygen atoms in total. The molecule has 0 saturated carbocycles. The summed E-state index contributed by atoms with van der Waals surface area (Å²) < 4.78 is 13.6. The first-order valence-corrected chi connectivity index (χ1v) is 15.6. The van der Waals surface area contributed by atoms with E-state index in [1.54, 1.807) is 19.0 Å². The molecule has 11 heteroatoms. The smallest absolute Gasteiger partial charge is 0.362 e. The predicted octanol–water partition coefficient (Wildman–Crippen LogP) is 2.63. The van der Waals surface area contributed by atoms with Crippen LogP contribution < -0.4 is 21.4 Å². The third kappa shape index (κ3) is 5.89. The molecule has 0 bridgehead atoms. The minimum atomic E-state index is -2.87. The van der Waals surface area contributed by atoms with E-state index in [1.807, 2.05) is 36.4 Å². The number of hydroxylamine groups is 2. The zero-order chi connectivity index (χ0) is 29.8. The number of esters is 1. The molecule has 1 N–H and O–H groups in total. The zero-order valence-electron chi connectivity index (χ0n) is 24.4. The first kappa shape index (κ1) is 30.3. The van der Waals surface area contributed by atoms with Crippen molar-refractivity contribution in [3.8, 4) is 0 Å². The fourth-order valence-corrected chi connectivity index (χ4v) is 10.1. The van der Waals surface area contributed by atoms with Crippen LogP contribution in [0, 0.1) is 0 Å². The number of benzene rings is 2. The van der Waals surface area contributed by atoms with Gasteiger partial charge in [-0.25, -0.2) is 9.59 Å². The van der Waals surface area contributed by atoms with Gasteiger partial charge in [0.2, 0.25) is 5.91 Å². The molecule has 1 aliphatic heterocycles. The third-order valence-electron chi connectivity index (χ3n) is 7.32. The molecule has 1 aromatic heterocycles. The van der Waals surface area contributed by atoms with E-state index in [-0.39, 0.29) is 36.4 Å². The second-order valence-electron chi connectivity index (χ2n) is 11.1. The summed E-state index contributed by atoms with van der Waals surface area (Å²) in [6.45, 7) is 9.92. The quantitative estimate of drug-likeness (QED) is 0.305. The number of likely N-dealkylation sites (N-methyl/N-ethyl adjacent to an activating group) is 1. The van der Waals surface area contributed by atoms with E-state index in [2.05, 4.69) is 55.3 Å². The minimum absolute atomic E-state index is 0.0793. The van der Waals surface area contributed by atoms with Gasteiger partial charge in [-0.15, -0.1) is 0 Å². The lowest BCUT2D eigenvalue weighted by Gasteiger charge is -2.43. The number of aromatic nitrogens is 2. The number of rotatable bonds is 9. The van der Waals surface area contributed by atoms with Crippen LogP contribution in [0.4, 0.5) is 5.82 Å². The Bertz CT molecular complexity index is 1390. The number of carbonyl (C=O) groups is 2. The Balaban J connectivity index is 1.73. The van der Waals surface area contributed by atoms with Gasteiger partial charge in [0, 0.05) is 26.6 Å². The molecule has 0 spiro atoms. The van der Waals surface area contributed by atoms with Gasteiger partial charge < -0.3 is 14.5 Å². The molecule has 41 heavy (non-hydrogen) atoms. The van der Waals surface area contributed by atoms with Crippen LogP contribution in [0.3, 0.4) is 0 Å². The molecule has 218 valence electrons. The highest BCUT2D eigenvalue weighted by Crippen LogP contribution is 2.39. The summed E-state index contributed by atoms with van der Waals surface area (Å²) in [6.07, 6.45) is 1.47. The fraction of sp³-hybridized carbons (Fsp3) is 0.400. The van der Waals surface area contributed by atoms with Gasteiger partial charge in [0.15, 0.2) is 0 Å². The van der Waals surface area contributed by atoms with Gasteiger partial charge in [-0.3, -0.25) is 14.2 Å². The van der Waals surface area contributed by atoms with E-state index in [9.17, 15) is 14.4 Å². The highest BCUT2D eigenvalue weighted by atomic mass is 28.4. The molecule has 1 fully saturated rings. The second-order valence-corrected chi connectivity index (χ2v) is 15.4. The number of amides is 1. The Morgan fingerprint density at radius 1 is 1.07 bits per heavy atom. The van der Waals surface area contributed by atoms with Crippen molar-refractivity contribution in [3.63, 3.8) is 0 Å². The summed E-state index contributed by atoms with van der Waals surface area (Å²) in [5.74, 6) is -1.00. The molecule has 0 radical (unpaired) electrons. The monoisotopic (exact) mass is 578 g/mol. The molecule has 1 amide bonds. The summed E-state index contributed by atoms with van der Waals surface area (Å²) in [5.41, 5.74) is -2.55. The highest BCUT2D eigenvalue weighted by molar-refractivity contribution is 6.99. The molecule has 2 aromatic carbocycles. The molecule has 0 unspecified atom stereocenters. The van der Waals surface area contributed by atoms with Gasteiger partial charge in [-0.05, 0) is 28.4 Å². The summed E-state index contributed by atoms with van der Waals surface area (Å²) in [6, 6.07) is 21.6. The third-order valence-corrected chi connectivity index (χ3v) is 12.3. The first-order chi connectivity index (χ1) is 19.4. The van der Waals surface area contributed by atoms with Crippen LogP contribution in [0.5, 0.6) is 0 Å². The molecular weight excluding hydrogens is 540 g/mol. The number of nitrogens with zero attached hydrogens (tertiary/aromatic N) is 3. The summed E-state index contributed by atoms with van der Waals surface area (Å²) in [4.78, 5) is 48.1. The Hall–Kier alpha value is -3.64. The molecule has 2 atom stereocenters. The molecule has 1 saturated heterocycles. The lowest BCUT2D eigenvalue weighted by atomic mass is 10.1. The fourth-order valence-electron chi connectivity index (χ4n) is 5.48. The van der Waals surface area contributed by atoms with Crippen molar-refractivity contribution in [1.29, 1.82) is 0 Å². The molecule has 2 heterocycles. The topological polar surface area (TPSA) is 112 Å². The summed E-state index contributed by atoms with van der Waals surface area (Å²) in [7, 11) is -1.16. The van der Waals surface area contributed by atoms with E-state index in [4.69, 9.17) is 14.0 Å².